The summed E-state index contributed by atoms with van der Waals surface area (Å²) < 4.78 is 1.55. The van der Waals surface area contributed by atoms with Gasteiger partial charge in [0.2, 0.25) is 0 Å². The molecule has 0 spiro atoms. The van der Waals surface area contributed by atoms with Crippen molar-refractivity contribution in [1.82, 2.24) is 20.0 Å². The number of hydrogen-bond acceptors (Lipinski definition) is 4. The average molecular weight is 352 g/mol. The van der Waals surface area contributed by atoms with Gasteiger partial charge in [0.05, 0.1) is 0 Å². The Kier molecular flexibility index (Phi) is 5.12. The van der Waals surface area contributed by atoms with Crippen LogP contribution in [0, 0.1) is 0 Å². The molecule has 8 nitrogen and oxygen atoms in total. The van der Waals surface area contributed by atoms with Gasteiger partial charge in [-0.25, -0.2) is 0 Å². The molecule has 2 aromatic heterocycles. The molecule has 0 aliphatic heterocycles. The zero-order valence-electron chi connectivity index (χ0n) is 14.6. The average Bonchev–Trinajstić information content (AvgIpc) is 3.24. The number of anilines is 2. The normalized spacial score (nSPS) is 10.5. The standard InChI is InChI=1S/C18H20N6O2/c1-3-5-14-11-16(22-21-14)20-17(25)12-6-4-7-13(10-12)19-18(26)15-8-9-24(2)23-15/h4,6-11H,3,5H2,1-2H3,(H,19,26)(H2,20,21,22,25). The predicted molar refractivity (Wildman–Crippen MR) is 98.1 cm³/mol. The summed E-state index contributed by atoms with van der Waals surface area (Å²) in [5.74, 6) is -0.158. The van der Waals surface area contributed by atoms with Crippen LogP contribution in [-0.2, 0) is 13.5 Å². The van der Waals surface area contributed by atoms with Gasteiger partial charge in [-0.1, -0.05) is 19.4 Å². The molecule has 3 rings (SSSR count). The lowest BCUT2D eigenvalue weighted by molar-refractivity contribution is 0.101. The predicted octanol–water partition coefficient (Wildman–Crippen LogP) is 2.60. The second-order valence-electron chi connectivity index (χ2n) is 5.89. The monoisotopic (exact) mass is 352 g/mol. The van der Waals surface area contributed by atoms with Crippen molar-refractivity contribution in [3.05, 3.63) is 59.5 Å². The van der Waals surface area contributed by atoms with Gasteiger partial charge in [0.15, 0.2) is 11.5 Å². The fourth-order valence-corrected chi connectivity index (χ4v) is 2.48. The molecule has 0 aliphatic carbocycles. The molecule has 2 amide bonds. The summed E-state index contributed by atoms with van der Waals surface area (Å²) in [5, 5.41) is 16.5. The van der Waals surface area contributed by atoms with E-state index >= 15 is 0 Å². The van der Waals surface area contributed by atoms with Gasteiger partial charge < -0.3 is 10.6 Å². The molecule has 26 heavy (non-hydrogen) atoms. The minimum absolute atomic E-state index is 0.298. The maximum absolute atomic E-state index is 12.4. The molecule has 0 saturated carbocycles. The number of aryl methyl sites for hydroxylation is 2. The van der Waals surface area contributed by atoms with E-state index in [0.29, 0.717) is 22.8 Å². The quantitative estimate of drug-likeness (QED) is 0.634. The Hall–Kier alpha value is -3.42. The molecule has 0 saturated heterocycles. The van der Waals surface area contributed by atoms with Crippen molar-refractivity contribution in [3.63, 3.8) is 0 Å². The van der Waals surface area contributed by atoms with Crippen molar-refractivity contribution in [1.29, 1.82) is 0 Å². The SMILES string of the molecule is CCCc1cc(NC(=O)c2cccc(NC(=O)c3ccn(C)n3)c2)n[nH]1. The van der Waals surface area contributed by atoms with Crippen LogP contribution in [0.5, 0.6) is 0 Å². The molecule has 0 atom stereocenters. The molecular formula is C18H20N6O2. The van der Waals surface area contributed by atoms with E-state index in [2.05, 4.69) is 32.9 Å². The minimum atomic E-state index is -0.334. The van der Waals surface area contributed by atoms with Crippen LogP contribution in [0.25, 0.3) is 0 Å². The lowest BCUT2D eigenvalue weighted by Gasteiger charge is -2.06. The van der Waals surface area contributed by atoms with E-state index in [1.54, 1.807) is 48.3 Å². The van der Waals surface area contributed by atoms with Gasteiger partial charge in [0.25, 0.3) is 11.8 Å². The summed E-state index contributed by atoms with van der Waals surface area (Å²) in [4.78, 5) is 24.6. The van der Waals surface area contributed by atoms with Crippen LogP contribution in [-0.4, -0.2) is 31.8 Å². The molecule has 3 N–H and O–H groups in total. The first-order valence-corrected chi connectivity index (χ1v) is 8.32. The van der Waals surface area contributed by atoms with Gasteiger partial charge >= 0.3 is 0 Å². The van der Waals surface area contributed by atoms with E-state index in [1.807, 2.05) is 6.07 Å². The third-order valence-electron chi connectivity index (χ3n) is 3.72. The van der Waals surface area contributed by atoms with Crippen molar-refractivity contribution in [3.8, 4) is 0 Å². The highest BCUT2D eigenvalue weighted by Crippen LogP contribution is 2.14. The molecule has 0 bridgehead atoms. The van der Waals surface area contributed by atoms with E-state index < -0.39 is 0 Å². The number of nitrogens with one attached hydrogen (secondary N) is 3. The third kappa shape index (κ3) is 4.15. The first-order valence-electron chi connectivity index (χ1n) is 8.32. The number of H-pyrrole nitrogens is 1. The number of carbonyl (C=O) groups excluding carboxylic acids is 2. The Bertz CT molecular complexity index is 927. The number of benzene rings is 1. The summed E-state index contributed by atoms with van der Waals surface area (Å²) in [5.41, 5.74) is 2.22. The highest BCUT2D eigenvalue weighted by Gasteiger charge is 2.12. The fourth-order valence-electron chi connectivity index (χ4n) is 2.48. The minimum Gasteiger partial charge on any atom is -0.321 e. The molecule has 3 aromatic rings. The van der Waals surface area contributed by atoms with Gasteiger partial charge in [-0.05, 0) is 30.7 Å². The number of aromatic amines is 1. The van der Waals surface area contributed by atoms with Crippen molar-refractivity contribution >= 4 is 23.3 Å². The Balaban J connectivity index is 1.67. The van der Waals surface area contributed by atoms with Crippen LogP contribution in [0.15, 0.2) is 42.6 Å². The van der Waals surface area contributed by atoms with E-state index in [9.17, 15) is 9.59 Å². The molecule has 134 valence electrons. The van der Waals surface area contributed by atoms with Gasteiger partial charge in [-0.15, -0.1) is 0 Å². The largest absolute Gasteiger partial charge is 0.321 e. The number of amides is 2. The molecule has 0 fully saturated rings. The number of nitrogens with zero attached hydrogens (tertiary/aromatic N) is 3. The second kappa shape index (κ2) is 7.64. The smallest absolute Gasteiger partial charge is 0.276 e. The van der Waals surface area contributed by atoms with E-state index in [0.717, 1.165) is 18.5 Å². The van der Waals surface area contributed by atoms with Crippen LogP contribution >= 0.6 is 0 Å². The highest BCUT2D eigenvalue weighted by atomic mass is 16.2. The number of carbonyl (C=O) groups is 2. The topological polar surface area (TPSA) is 105 Å². The number of aromatic nitrogens is 4. The van der Waals surface area contributed by atoms with Crippen LogP contribution in [0.4, 0.5) is 11.5 Å². The summed E-state index contributed by atoms with van der Waals surface area (Å²) in [6, 6.07) is 10.1. The van der Waals surface area contributed by atoms with Gasteiger partial charge in [0, 0.05) is 36.3 Å². The summed E-state index contributed by atoms with van der Waals surface area (Å²) in [6.45, 7) is 2.07. The summed E-state index contributed by atoms with van der Waals surface area (Å²) >= 11 is 0. The number of hydrogen-bond donors (Lipinski definition) is 3. The lowest BCUT2D eigenvalue weighted by Crippen LogP contribution is -2.15. The third-order valence-corrected chi connectivity index (χ3v) is 3.72. The molecule has 1 aromatic carbocycles. The fraction of sp³-hybridized carbons (Fsp3) is 0.222. The van der Waals surface area contributed by atoms with Crippen molar-refractivity contribution in [2.45, 2.75) is 19.8 Å². The van der Waals surface area contributed by atoms with E-state index in [4.69, 9.17) is 0 Å². The molecule has 8 heteroatoms. The van der Waals surface area contributed by atoms with Crippen LogP contribution in [0.2, 0.25) is 0 Å². The Labute approximate surface area is 150 Å². The van der Waals surface area contributed by atoms with Crippen molar-refractivity contribution in [2.75, 3.05) is 10.6 Å². The molecular weight excluding hydrogens is 332 g/mol. The zero-order chi connectivity index (χ0) is 18.5. The molecule has 0 aliphatic rings. The summed E-state index contributed by atoms with van der Waals surface area (Å²) in [6.07, 6.45) is 3.56. The van der Waals surface area contributed by atoms with Gasteiger partial charge in [0.1, 0.15) is 0 Å². The van der Waals surface area contributed by atoms with E-state index in [1.165, 1.54) is 0 Å². The lowest BCUT2D eigenvalue weighted by atomic mass is 10.2. The molecule has 0 radical (unpaired) electrons. The molecule has 0 unspecified atom stereocenters. The highest BCUT2D eigenvalue weighted by molar-refractivity contribution is 6.06. The van der Waals surface area contributed by atoms with Crippen molar-refractivity contribution < 1.29 is 9.59 Å². The zero-order valence-corrected chi connectivity index (χ0v) is 14.6. The first-order chi connectivity index (χ1) is 12.5. The maximum Gasteiger partial charge on any atom is 0.276 e. The van der Waals surface area contributed by atoms with Crippen molar-refractivity contribution in [2.24, 2.45) is 7.05 Å². The van der Waals surface area contributed by atoms with Gasteiger partial charge in [-0.3, -0.25) is 19.4 Å². The number of rotatable bonds is 6. The van der Waals surface area contributed by atoms with Crippen LogP contribution in [0.1, 0.15) is 39.9 Å². The Morgan fingerprint density at radius 3 is 2.73 bits per heavy atom. The maximum atomic E-state index is 12.4. The second-order valence-corrected chi connectivity index (χ2v) is 5.89. The molecule has 2 heterocycles. The Morgan fingerprint density at radius 1 is 1.15 bits per heavy atom. The summed E-state index contributed by atoms with van der Waals surface area (Å²) in [7, 11) is 1.74. The Morgan fingerprint density at radius 2 is 2.00 bits per heavy atom. The first kappa shape index (κ1) is 17.4. The van der Waals surface area contributed by atoms with Crippen LogP contribution in [0.3, 0.4) is 0 Å². The van der Waals surface area contributed by atoms with E-state index in [-0.39, 0.29) is 11.8 Å². The van der Waals surface area contributed by atoms with Gasteiger partial charge in [-0.2, -0.15) is 10.2 Å². The van der Waals surface area contributed by atoms with Crippen LogP contribution < -0.4 is 10.6 Å².